The number of amides is 1. The third-order valence-electron chi connectivity index (χ3n) is 4.51. The van der Waals surface area contributed by atoms with Crippen molar-refractivity contribution in [3.8, 4) is 11.5 Å². The zero-order valence-corrected chi connectivity index (χ0v) is 12.9. The molecule has 1 aromatic rings. The van der Waals surface area contributed by atoms with Crippen LogP contribution in [0.1, 0.15) is 12.8 Å². The Labute approximate surface area is 133 Å². The number of carboxylic acids is 1. The van der Waals surface area contributed by atoms with Gasteiger partial charge in [0, 0.05) is 11.8 Å². The van der Waals surface area contributed by atoms with E-state index in [0.717, 1.165) is 6.42 Å². The topological polar surface area (TPSA) is 94.1 Å². The average Bonchev–Trinajstić information content (AvgIpc) is 3.15. The van der Waals surface area contributed by atoms with Gasteiger partial charge in [-0.05, 0) is 25.0 Å². The van der Waals surface area contributed by atoms with E-state index < -0.39 is 17.8 Å². The first-order valence-electron chi connectivity index (χ1n) is 7.46. The molecule has 7 heteroatoms. The minimum atomic E-state index is -0.982. The molecule has 0 saturated carbocycles. The third kappa shape index (κ3) is 2.72. The number of rotatable bonds is 5. The van der Waals surface area contributed by atoms with Gasteiger partial charge >= 0.3 is 5.97 Å². The van der Waals surface area contributed by atoms with Crippen LogP contribution >= 0.6 is 0 Å². The number of fused-ring (bicyclic) bond motifs is 2. The molecule has 2 heterocycles. The van der Waals surface area contributed by atoms with Crippen molar-refractivity contribution in [1.29, 1.82) is 0 Å². The van der Waals surface area contributed by atoms with Gasteiger partial charge in [0.05, 0.1) is 38.3 Å². The second-order valence-electron chi connectivity index (χ2n) is 5.74. The standard InChI is InChI=1S/C16H19NO6/c1-21-9-4-3-8(7-12(9)22-2)17-15(18)13-10-5-6-11(23-10)14(13)16(19)20/h3-4,7,10-11,13-14H,5-6H2,1-2H3,(H,17,18)(H,19,20)/t10-,11-,13+,14-/m0/s1. The molecule has 124 valence electrons. The fraction of sp³-hybridized carbons (Fsp3) is 0.500. The van der Waals surface area contributed by atoms with Crippen LogP contribution in [0.25, 0.3) is 0 Å². The number of nitrogens with one attached hydrogen (secondary N) is 1. The molecule has 2 aliphatic heterocycles. The smallest absolute Gasteiger partial charge is 0.310 e. The molecule has 0 spiro atoms. The molecule has 1 amide bonds. The van der Waals surface area contributed by atoms with Gasteiger partial charge in [0.25, 0.3) is 0 Å². The summed E-state index contributed by atoms with van der Waals surface area (Å²) in [4.78, 5) is 24.0. The highest BCUT2D eigenvalue weighted by molar-refractivity contribution is 5.96. The van der Waals surface area contributed by atoms with E-state index in [0.29, 0.717) is 23.6 Å². The lowest BCUT2D eigenvalue weighted by Gasteiger charge is -2.24. The number of hydrogen-bond donors (Lipinski definition) is 2. The monoisotopic (exact) mass is 321 g/mol. The van der Waals surface area contributed by atoms with Crippen molar-refractivity contribution in [3.05, 3.63) is 18.2 Å². The summed E-state index contributed by atoms with van der Waals surface area (Å²) in [7, 11) is 3.04. The number of hydrogen-bond acceptors (Lipinski definition) is 5. The molecule has 2 bridgehead atoms. The number of anilines is 1. The van der Waals surface area contributed by atoms with Crippen molar-refractivity contribution in [2.24, 2.45) is 11.8 Å². The quantitative estimate of drug-likeness (QED) is 0.854. The van der Waals surface area contributed by atoms with Crippen LogP contribution in [0.2, 0.25) is 0 Å². The Kier molecular flexibility index (Phi) is 4.12. The van der Waals surface area contributed by atoms with E-state index >= 15 is 0 Å². The Morgan fingerprint density at radius 2 is 1.78 bits per heavy atom. The number of carboxylic acid groups (broad SMARTS) is 1. The fourth-order valence-corrected chi connectivity index (χ4v) is 3.46. The predicted molar refractivity (Wildman–Crippen MR) is 80.7 cm³/mol. The summed E-state index contributed by atoms with van der Waals surface area (Å²) in [5.41, 5.74) is 0.527. The van der Waals surface area contributed by atoms with Gasteiger partial charge in [-0.25, -0.2) is 0 Å². The van der Waals surface area contributed by atoms with E-state index in [1.807, 2.05) is 0 Å². The van der Waals surface area contributed by atoms with Crippen LogP contribution in [0.5, 0.6) is 11.5 Å². The van der Waals surface area contributed by atoms with Crippen LogP contribution in [-0.4, -0.2) is 43.4 Å². The predicted octanol–water partition coefficient (Wildman–Crippen LogP) is 1.52. The maximum atomic E-state index is 12.5. The van der Waals surface area contributed by atoms with E-state index in [1.54, 1.807) is 18.2 Å². The lowest BCUT2D eigenvalue weighted by molar-refractivity contribution is -0.147. The molecule has 2 aliphatic rings. The van der Waals surface area contributed by atoms with Gasteiger partial charge in [0.1, 0.15) is 0 Å². The molecular weight excluding hydrogens is 302 g/mol. The van der Waals surface area contributed by atoms with Crippen LogP contribution in [0.15, 0.2) is 18.2 Å². The Balaban J connectivity index is 1.78. The van der Waals surface area contributed by atoms with Crippen LogP contribution in [-0.2, 0) is 14.3 Å². The van der Waals surface area contributed by atoms with Crippen molar-refractivity contribution in [3.63, 3.8) is 0 Å². The Bertz CT molecular complexity index is 631. The largest absolute Gasteiger partial charge is 0.493 e. The summed E-state index contributed by atoms with van der Waals surface area (Å²) in [6, 6.07) is 5.00. The van der Waals surface area contributed by atoms with Gasteiger partial charge in [-0.3, -0.25) is 9.59 Å². The molecule has 2 fully saturated rings. The SMILES string of the molecule is COc1ccc(NC(=O)[C@H]2[C@@H](C(=O)O)[C@@H]3CC[C@@H]2O3)cc1OC. The van der Waals surface area contributed by atoms with Crippen molar-refractivity contribution in [2.45, 2.75) is 25.0 Å². The maximum Gasteiger partial charge on any atom is 0.310 e. The van der Waals surface area contributed by atoms with Crippen molar-refractivity contribution < 1.29 is 28.9 Å². The van der Waals surface area contributed by atoms with Gasteiger partial charge in [0.2, 0.25) is 5.91 Å². The average molecular weight is 321 g/mol. The van der Waals surface area contributed by atoms with Gasteiger partial charge in [-0.15, -0.1) is 0 Å². The summed E-state index contributed by atoms with van der Waals surface area (Å²) in [6.07, 6.45) is 0.736. The second-order valence-corrected chi connectivity index (χ2v) is 5.74. The zero-order chi connectivity index (χ0) is 16.6. The molecule has 2 saturated heterocycles. The van der Waals surface area contributed by atoms with Gasteiger partial charge in [-0.1, -0.05) is 0 Å². The molecule has 7 nitrogen and oxygen atoms in total. The number of benzene rings is 1. The highest BCUT2D eigenvalue weighted by Gasteiger charge is 2.55. The third-order valence-corrected chi connectivity index (χ3v) is 4.51. The number of methoxy groups -OCH3 is 2. The molecule has 0 aromatic heterocycles. The van der Waals surface area contributed by atoms with Crippen LogP contribution in [0.4, 0.5) is 5.69 Å². The van der Waals surface area contributed by atoms with Crippen LogP contribution in [0.3, 0.4) is 0 Å². The van der Waals surface area contributed by atoms with Crippen LogP contribution < -0.4 is 14.8 Å². The lowest BCUT2D eigenvalue weighted by atomic mass is 9.78. The number of ether oxygens (including phenoxy) is 3. The molecule has 1 aromatic carbocycles. The summed E-state index contributed by atoms with van der Waals surface area (Å²) in [6.45, 7) is 0. The van der Waals surface area contributed by atoms with Crippen molar-refractivity contribution >= 4 is 17.6 Å². The lowest BCUT2D eigenvalue weighted by Crippen LogP contribution is -2.40. The molecule has 0 aliphatic carbocycles. The van der Waals surface area contributed by atoms with Gasteiger partial charge in [0.15, 0.2) is 11.5 Å². The number of carbonyl (C=O) groups excluding carboxylic acids is 1. The molecule has 23 heavy (non-hydrogen) atoms. The number of aliphatic carboxylic acids is 1. The molecular formula is C16H19NO6. The van der Waals surface area contributed by atoms with Crippen molar-refractivity contribution in [2.75, 3.05) is 19.5 Å². The molecule has 2 N–H and O–H groups in total. The zero-order valence-electron chi connectivity index (χ0n) is 12.9. The van der Waals surface area contributed by atoms with Gasteiger partial charge < -0.3 is 24.6 Å². The maximum absolute atomic E-state index is 12.5. The number of carbonyl (C=O) groups is 2. The molecule has 4 atom stereocenters. The first kappa shape index (κ1) is 15.6. The Morgan fingerprint density at radius 1 is 1.13 bits per heavy atom. The molecule has 0 unspecified atom stereocenters. The van der Waals surface area contributed by atoms with E-state index in [4.69, 9.17) is 14.2 Å². The van der Waals surface area contributed by atoms with E-state index in [1.165, 1.54) is 14.2 Å². The Hall–Kier alpha value is -2.28. The van der Waals surface area contributed by atoms with Crippen LogP contribution in [0, 0.1) is 11.8 Å². The first-order chi connectivity index (χ1) is 11.0. The summed E-state index contributed by atoms with van der Waals surface area (Å²) >= 11 is 0. The Morgan fingerprint density at radius 3 is 2.39 bits per heavy atom. The van der Waals surface area contributed by atoms with E-state index in [-0.39, 0.29) is 18.1 Å². The summed E-state index contributed by atoms with van der Waals surface area (Å²) in [5, 5.41) is 12.1. The molecule has 0 radical (unpaired) electrons. The second kappa shape index (κ2) is 6.08. The fourth-order valence-electron chi connectivity index (χ4n) is 3.46. The van der Waals surface area contributed by atoms with Crippen molar-refractivity contribution in [1.82, 2.24) is 0 Å². The normalized spacial score (nSPS) is 28.4. The summed E-state index contributed by atoms with van der Waals surface area (Å²) < 4.78 is 16.0. The van der Waals surface area contributed by atoms with Gasteiger partial charge in [-0.2, -0.15) is 0 Å². The van der Waals surface area contributed by atoms with E-state index in [9.17, 15) is 14.7 Å². The highest BCUT2D eigenvalue weighted by atomic mass is 16.5. The van der Waals surface area contributed by atoms with E-state index in [2.05, 4.69) is 5.32 Å². The summed E-state index contributed by atoms with van der Waals surface area (Å²) in [5.74, 6) is -1.73. The minimum absolute atomic E-state index is 0.318. The molecule has 3 rings (SSSR count). The first-order valence-corrected chi connectivity index (χ1v) is 7.46. The minimum Gasteiger partial charge on any atom is -0.493 e. The highest BCUT2D eigenvalue weighted by Crippen LogP contribution is 2.44.